The number of carbonyl (C=O) groups is 1. The molecule has 1 atom stereocenters. The van der Waals surface area contributed by atoms with Crippen LogP contribution in [0, 0.1) is 0 Å². The molecule has 0 saturated carbocycles. The summed E-state index contributed by atoms with van der Waals surface area (Å²) in [5.41, 5.74) is 6.33. The molecule has 0 bridgehead atoms. The highest BCUT2D eigenvalue weighted by atomic mass is 32.1. The number of hydrogen-bond acceptors (Lipinski definition) is 3. The van der Waals surface area contributed by atoms with Gasteiger partial charge in [-0.1, -0.05) is 12.1 Å². The molecule has 6 heteroatoms. The second-order valence-electron chi connectivity index (χ2n) is 4.38. The topological polar surface area (TPSA) is 76.4 Å². The average Bonchev–Trinajstić information content (AvgIpc) is 2.90. The van der Waals surface area contributed by atoms with Crippen molar-refractivity contribution in [3.8, 4) is 0 Å². The number of nitrogens with one attached hydrogen (secondary N) is 2. The fraction of sp³-hybridized carbons (Fsp3) is 0.385. The first-order valence-corrected chi connectivity index (χ1v) is 6.63. The molecule has 1 saturated heterocycles. The van der Waals surface area contributed by atoms with E-state index in [9.17, 15) is 4.79 Å². The van der Waals surface area contributed by atoms with E-state index in [4.69, 9.17) is 22.7 Å². The minimum Gasteiger partial charge on any atom is -0.376 e. The summed E-state index contributed by atoms with van der Waals surface area (Å²) in [6.07, 6.45) is 2.36. The standard InChI is InChI=1S/C13H17N3O2S/c14-12(17)10-5-1-2-6-11(10)16-13(19)15-8-9-4-3-7-18-9/h1-2,5-6,9H,3-4,7-8H2,(H2,14,17)(H2,15,16,19). The molecular weight excluding hydrogens is 262 g/mol. The maximum atomic E-state index is 11.3. The SMILES string of the molecule is NC(=O)c1ccccc1NC(=S)NCC1CCCO1. The summed E-state index contributed by atoms with van der Waals surface area (Å²) in [7, 11) is 0. The largest absolute Gasteiger partial charge is 0.376 e. The Morgan fingerprint density at radius 2 is 2.26 bits per heavy atom. The van der Waals surface area contributed by atoms with E-state index in [-0.39, 0.29) is 6.10 Å². The van der Waals surface area contributed by atoms with Gasteiger partial charge in [-0.25, -0.2) is 0 Å². The number of benzene rings is 1. The highest BCUT2D eigenvalue weighted by Gasteiger charge is 2.15. The van der Waals surface area contributed by atoms with Crippen LogP contribution in [0.2, 0.25) is 0 Å². The predicted molar refractivity (Wildman–Crippen MR) is 78.2 cm³/mol. The molecule has 0 aromatic heterocycles. The summed E-state index contributed by atoms with van der Waals surface area (Å²) in [4.78, 5) is 11.3. The first kappa shape index (κ1) is 13.8. The number of hydrogen-bond donors (Lipinski definition) is 3. The lowest BCUT2D eigenvalue weighted by atomic mass is 10.1. The van der Waals surface area contributed by atoms with Gasteiger partial charge in [-0.05, 0) is 37.2 Å². The summed E-state index contributed by atoms with van der Waals surface area (Å²) < 4.78 is 5.49. The molecule has 1 aromatic carbocycles. The Morgan fingerprint density at radius 1 is 1.47 bits per heavy atom. The van der Waals surface area contributed by atoms with Gasteiger partial charge in [0.1, 0.15) is 0 Å². The summed E-state index contributed by atoms with van der Waals surface area (Å²) in [5, 5.41) is 6.52. The van der Waals surface area contributed by atoms with Gasteiger partial charge in [0.05, 0.1) is 17.4 Å². The Labute approximate surface area is 117 Å². The molecule has 1 aliphatic rings. The molecule has 4 N–H and O–H groups in total. The number of ether oxygens (including phenoxy) is 1. The van der Waals surface area contributed by atoms with Crippen molar-refractivity contribution >= 4 is 28.9 Å². The van der Waals surface area contributed by atoms with Crippen LogP contribution >= 0.6 is 12.2 Å². The number of primary amides is 1. The van der Waals surface area contributed by atoms with E-state index in [0.717, 1.165) is 19.4 Å². The Balaban J connectivity index is 1.89. The van der Waals surface area contributed by atoms with Crippen LogP contribution in [-0.4, -0.2) is 30.3 Å². The van der Waals surface area contributed by atoms with E-state index >= 15 is 0 Å². The van der Waals surface area contributed by atoms with E-state index in [0.29, 0.717) is 22.9 Å². The monoisotopic (exact) mass is 279 g/mol. The third-order valence-electron chi connectivity index (χ3n) is 2.96. The number of anilines is 1. The minimum atomic E-state index is -0.481. The van der Waals surface area contributed by atoms with Gasteiger partial charge in [0, 0.05) is 13.2 Å². The highest BCUT2D eigenvalue weighted by molar-refractivity contribution is 7.80. The van der Waals surface area contributed by atoms with Gasteiger partial charge >= 0.3 is 0 Å². The van der Waals surface area contributed by atoms with Gasteiger partial charge in [-0.3, -0.25) is 4.79 Å². The zero-order valence-corrected chi connectivity index (χ0v) is 11.3. The van der Waals surface area contributed by atoms with Gasteiger partial charge in [0.2, 0.25) is 0 Å². The van der Waals surface area contributed by atoms with Crippen molar-refractivity contribution in [1.29, 1.82) is 0 Å². The number of carbonyl (C=O) groups excluding carboxylic acids is 1. The Hall–Kier alpha value is -1.66. The average molecular weight is 279 g/mol. The molecule has 102 valence electrons. The lowest BCUT2D eigenvalue weighted by Gasteiger charge is -2.15. The molecule has 19 heavy (non-hydrogen) atoms. The maximum Gasteiger partial charge on any atom is 0.250 e. The van der Waals surface area contributed by atoms with Crippen LogP contribution in [-0.2, 0) is 4.74 Å². The smallest absolute Gasteiger partial charge is 0.250 e. The minimum absolute atomic E-state index is 0.214. The fourth-order valence-electron chi connectivity index (χ4n) is 1.99. The van der Waals surface area contributed by atoms with Gasteiger partial charge in [0.25, 0.3) is 5.91 Å². The molecule has 0 spiro atoms. The van der Waals surface area contributed by atoms with Crippen LogP contribution in [0.25, 0.3) is 0 Å². The second kappa shape index (κ2) is 6.49. The molecule has 0 radical (unpaired) electrons. The van der Waals surface area contributed by atoms with Crippen LogP contribution in [0.4, 0.5) is 5.69 Å². The zero-order chi connectivity index (χ0) is 13.7. The highest BCUT2D eigenvalue weighted by Crippen LogP contribution is 2.14. The van der Waals surface area contributed by atoms with Crippen molar-refractivity contribution in [3.05, 3.63) is 29.8 Å². The van der Waals surface area contributed by atoms with E-state index < -0.39 is 5.91 Å². The van der Waals surface area contributed by atoms with Crippen LogP contribution in [0.3, 0.4) is 0 Å². The number of para-hydroxylation sites is 1. The van der Waals surface area contributed by atoms with E-state index in [1.54, 1.807) is 18.2 Å². The zero-order valence-electron chi connectivity index (χ0n) is 10.5. The molecule has 5 nitrogen and oxygen atoms in total. The number of nitrogens with two attached hydrogens (primary N) is 1. The van der Waals surface area contributed by atoms with Crippen molar-refractivity contribution in [2.45, 2.75) is 18.9 Å². The summed E-state index contributed by atoms with van der Waals surface area (Å²) in [5.74, 6) is -0.481. The molecule has 0 aliphatic carbocycles. The third kappa shape index (κ3) is 3.90. The molecule has 1 aliphatic heterocycles. The van der Waals surface area contributed by atoms with Crippen molar-refractivity contribution in [3.63, 3.8) is 0 Å². The Morgan fingerprint density at radius 3 is 2.95 bits per heavy atom. The fourth-order valence-corrected chi connectivity index (χ4v) is 2.18. The van der Waals surface area contributed by atoms with Gasteiger partial charge in [0.15, 0.2) is 5.11 Å². The van der Waals surface area contributed by atoms with E-state index in [2.05, 4.69) is 10.6 Å². The normalized spacial score (nSPS) is 18.0. The summed E-state index contributed by atoms with van der Waals surface area (Å²) in [6.45, 7) is 1.49. The lowest BCUT2D eigenvalue weighted by Crippen LogP contribution is -2.35. The molecule has 1 heterocycles. The summed E-state index contributed by atoms with van der Waals surface area (Å²) >= 11 is 5.19. The molecular formula is C13H17N3O2S. The first-order valence-electron chi connectivity index (χ1n) is 6.22. The molecule has 1 amide bonds. The third-order valence-corrected chi connectivity index (χ3v) is 3.20. The first-order chi connectivity index (χ1) is 9.16. The van der Waals surface area contributed by atoms with Crippen LogP contribution in [0.5, 0.6) is 0 Å². The molecule has 1 fully saturated rings. The van der Waals surface area contributed by atoms with Crippen LogP contribution in [0.15, 0.2) is 24.3 Å². The maximum absolute atomic E-state index is 11.3. The summed E-state index contributed by atoms with van der Waals surface area (Å²) in [6, 6.07) is 7.00. The van der Waals surface area contributed by atoms with E-state index in [1.165, 1.54) is 0 Å². The van der Waals surface area contributed by atoms with Gasteiger partial charge in [-0.15, -0.1) is 0 Å². The van der Waals surface area contributed by atoms with Crippen molar-refractivity contribution in [2.24, 2.45) is 5.73 Å². The van der Waals surface area contributed by atoms with E-state index in [1.807, 2.05) is 6.07 Å². The Bertz CT molecular complexity index is 473. The Kier molecular flexibility index (Phi) is 4.70. The van der Waals surface area contributed by atoms with Crippen molar-refractivity contribution in [2.75, 3.05) is 18.5 Å². The predicted octanol–water partition coefficient (Wildman–Crippen LogP) is 1.25. The lowest BCUT2D eigenvalue weighted by molar-refractivity contribution is 0.100. The van der Waals surface area contributed by atoms with Crippen molar-refractivity contribution in [1.82, 2.24) is 5.32 Å². The van der Waals surface area contributed by atoms with Crippen molar-refractivity contribution < 1.29 is 9.53 Å². The molecule has 1 aromatic rings. The number of amides is 1. The van der Waals surface area contributed by atoms with Gasteiger partial charge in [-0.2, -0.15) is 0 Å². The quantitative estimate of drug-likeness (QED) is 0.723. The van der Waals surface area contributed by atoms with Crippen LogP contribution in [0.1, 0.15) is 23.2 Å². The van der Waals surface area contributed by atoms with Crippen LogP contribution < -0.4 is 16.4 Å². The van der Waals surface area contributed by atoms with Gasteiger partial charge < -0.3 is 21.1 Å². The molecule has 2 rings (SSSR count). The number of rotatable bonds is 4. The molecule has 1 unspecified atom stereocenters. The second-order valence-corrected chi connectivity index (χ2v) is 4.79. The number of thiocarbonyl (C=S) groups is 1.